The number of fused-ring (bicyclic) bond motifs is 3. The smallest absolute Gasteiger partial charge is 0.291 e. The molecule has 36 heavy (non-hydrogen) atoms. The topological polar surface area (TPSA) is 72.2 Å². The molecule has 1 aliphatic rings. The van der Waals surface area contributed by atoms with Crippen LogP contribution < -0.4 is 10.9 Å². The van der Waals surface area contributed by atoms with E-state index >= 15 is 0 Å². The van der Waals surface area contributed by atoms with Gasteiger partial charge in [-0.15, -0.1) is 0 Å². The molecule has 8 heteroatoms. The van der Waals surface area contributed by atoms with E-state index < -0.39 is 0 Å². The number of amides is 1. The summed E-state index contributed by atoms with van der Waals surface area (Å²) in [7, 11) is 0. The van der Waals surface area contributed by atoms with Crippen LogP contribution in [0, 0.1) is 5.82 Å². The SMILES string of the molecule is C[C@@H]1CCCCN1CCCNC(=O)Cn1ncc2c3ccccc3n(Cc3ccccc3F)c2c1=O. The molecule has 0 spiro atoms. The summed E-state index contributed by atoms with van der Waals surface area (Å²) < 4.78 is 17.5. The van der Waals surface area contributed by atoms with Crippen LogP contribution in [0.15, 0.2) is 59.5 Å². The first-order valence-corrected chi connectivity index (χ1v) is 12.7. The van der Waals surface area contributed by atoms with Crippen molar-refractivity contribution >= 4 is 27.7 Å². The fraction of sp³-hybridized carbons (Fsp3) is 0.393. The van der Waals surface area contributed by atoms with Gasteiger partial charge in [0.2, 0.25) is 5.91 Å². The first-order chi connectivity index (χ1) is 17.5. The fourth-order valence-electron chi connectivity index (χ4n) is 5.26. The Bertz CT molecular complexity index is 1440. The summed E-state index contributed by atoms with van der Waals surface area (Å²) >= 11 is 0. The Balaban J connectivity index is 1.35. The molecule has 2 aromatic heterocycles. The molecule has 0 unspecified atom stereocenters. The predicted octanol–water partition coefficient (Wildman–Crippen LogP) is 3.92. The van der Waals surface area contributed by atoms with Gasteiger partial charge in [-0.25, -0.2) is 9.07 Å². The zero-order valence-corrected chi connectivity index (χ0v) is 20.6. The van der Waals surface area contributed by atoms with E-state index in [1.54, 1.807) is 24.4 Å². The van der Waals surface area contributed by atoms with E-state index in [1.807, 2.05) is 28.8 Å². The van der Waals surface area contributed by atoms with Gasteiger partial charge in [0.15, 0.2) is 0 Å². The van der Waals surface area contributed by atoms with E-state index in [0.29, 0.717) is 29.1 Å². The molecule has 5 rings (SSSR count). The van der Waals surface area contributed by atoms with Gasteiger partial charge in [-0.3, -0.25) is 9.59 Å². The maximum Gasteiger partial charge on any atom is 0.291 e. The number of piperidine rings is 1. The van der Waals surface area contributed by atoms with Gasteiger partial charge < -0.3 is 14.8 Å². The molecular formula is C28H32FN5O2. The van der Waals surface area contributed by atoms with Crippen molar-refractivity contribution in [1.29, 1.82) is 0 Å². The van der Waals surface area contributed by atoms with Crippen LogP contribution in [0.1, 0.15) is 38.2 Å². The Labute approximate surface area is 209 Å². The number of para-hydroxylation sites is 1. The average Bonchev–Trinajstić information content (AvgIpc) is 3.20. The lowest BCUT2D eigenvalue weighted by atomic mass is 10.0. The molecule has 2 aromatic carbocycles. The van der Waals surface area contributed by atoms with Gasteiger partial charge in [-0.05, 0) is 44.9 Å². The van der Waals surface area contributed by atoms with Crippen LogP contribution in [0.4, 0.5) is 4.39 Å². The first-order valence-electron chi connectivity index (χ1n) is 12.7. The highest BCUT2D eigenvalue weighted by molar-refractivity contribution is 6.07. The molecular weight excluding hydrogens is 457 g/mol. The lowest BCUT2D eigenvalue weighted by molar-refractivity contribution is -0.121. The summed E-state index contributed by atoms with van der Waals surface area (Å²) in [6.07, 6.45) is 6.26. The highest BCUT2D eigenvalue weighted by Crippen LogP contribution is 2.27. The molecule has 3 heterocycles. The highest BCUT2D eigenvalue weighted by Gasteiger charge is 2.19. The molecule has 0 saturated carbocycles. The second-order valence-electron chi connectivity index (χ2n) is 9.65. The third-order valence-corrected chi connectivity index (χ3v) is 7.24. The number of rotatable bonds is 8. The van der Waals surface area contributed by atoms with E-state index in [4.69, 9.17) is 0 Å². The maximum absolute atomic E-state index is 14.5. The first kappa shape index (κ1) is 24.2. The Morgan fingerprint density at radius 1 is 1.11 bits per heavy atom. The van der Waals surface area contributed by atoms with Crippen LogP contribution in [0.5, 0.6) is 0 Å². The van der Waals surface area contributed by atoms with Crippen molar-refractivity contribution in [2.75, 3.05) is 19.6 Å². The number of likely N-dealkylation sites (tertiary alicyclic amines) is 1. The Morgan fingerprint density at radius 2 is 1.92 bits per heavy atom. The highest BCUT2D eigenvalue weighted by atomic mass is 19.1. The molecule has 0 radical (unpaired) electrons. The second kappa shape index (κ2) is 10.6. The van der Waals surface area contributed by atoms with E-state index in [9.17, 15) is 14.0 Å². The molecule has 1 amide bonds. The summed E-state index contributed by atoms with van der Waals surface area (Å²) in [6, 6.07) is 14.8. The van der Waals surface area contributed by atoms with Gasteiger partial charge in [-0.1, -0.05) is 42.8 Å². The summed E-state index contributed by atoms with van der Waals surface area (Å²) in [5.41, 5.74) is 1.37. The molecule has 0 bridgehead atoms. The summed E-state index contributed by atoms with van der Waals surface area (Å²) in [4.78, 5) is 28.6. The number of carbonyl (C=O) groups excluding carboxylic acids is 1. The van der Waals surface area contributed by atoms with Gasteiger partial charge in [0.1, 0.15) is 17.9 Å². The minimum Gasteiger partial charge on any atom is -0.354 e. The van der Waals surface area contributed by atoms with Crippen LogP contribution >= 0.6 is 0 Å². The summed E-state index contributed by atoms with van der Waals surface area (Å²) in [5, 5.41) is 8.79. The lowest BCUT2D eigenvalue weighted by Gasteiger charge is -2.33. The minimum absolute atomic E-state index is 0.157. The number of nitrogens with zero attached hydrogens (tertiary/aromatic N) is 4. The third-order valence-electron chi connectivity index (χ3n) is 7.24. The monoisotopic (exact) mass is 489 g/mol. The van der Waals surface area contributed by atoms with Crippen LogP contribution in [0.3, 0.4) is 0 Å². The zero-order valence-electron chi connectivity index (χ0n) is 20.6. The number of halogens is 1. The Morgan fingerprint density at radius 3 is 2.75 bits per heavy atom. The molecule has 0 aliphatic carbocycles. The largest absolute Gasteiger partial charge is 0.354 e. The second-order valence-corrected chi connectivity index (χ2v) is 9.65. The van der Waals surface area contributed by atoms with Gasteiger partial charge in [0, 0.05) is 41.0 Å². The zero-order chi connectivity index (χ0) is 25.1. The van der Waals surface area contributed by atoms with Gasteiger partial charge >= 0.3 is 0 Å². The predicted molar refractivity (Wildman–Crippen MR) is 140 cm³/mol. The van der Waals surface area contributed by atoms with Crippen LogP contribution in [-0.4, -0.2) is 50.8 Å². The molecule has 4 aromatic rings. The van der Waals surface area contributed by atoms with E-state index in [1.165, 1.54) is 30.0 Å². The lowest BCUT2D eigenvalue weighted by Crippen LogP contribution is -2.40. The van der Waals surface area contributed by atoms with Crippen molar-refractivity contribution in [3.05, 3.63) is 76.5 Å². The molecule has 1 saturated heterocycles. The Hall–Kier alpha value is -3.52. The summed E-state index contributed by atoms with van der Waals surface area (Å²) in [5.74, 6) is -0.566. The molecule has 1 fully saturated rings. The van der Waals surface area contributed by atoms with Crippen molar-refractivity contribution in [3.8, 4) is 0 Å². The van der Waals surface area contributed by atoms with Gasteiger partial charge in [0.25, 0.3) is 5.56 Å². The molecule has 1 aliphatic heterocycles. The van der Waals surface area contributed by atoms with Crippen molar-refractivity contribution in [2.45, 2.75) is 51.7 Å². The number of carbonyl (C=O) groups is 1. The number of hydrogen-bond donors (Lipinski definition) is 1. The Kier molecular flexibility index (Phi) is 7.13. The van der Waals surface area contributed by atoms with Crippen molar-refractivity contribution in [2.24, 2.45) is 0 Å². The average molecular weight is 490 g/mol. The maximum atomic E-state index is 14.5. The van der Waals surface area contributed by atoms with Crippen molar-refractivity contribution in [3.63, 3.8) is 0 Å². The summed E-state index contributed by atoms with van der Waals surface area (Å²) in [6.45, 7) is 4.95. The van der Waals surface area contributed by atoms with Crippen LogP contribution in [-0.2, 0) is 17.9 Å². The van der Waals surface area contributed by atoms with E-state index in [2.05, 4.69) is 22.2 Å². The number of nitrogens with one attached hydrogen (secondary N) is 1. The quantitative estimate of drug-likeness (QED) is 0.381. The van der Waals surface area contributed by atoms with Gasteiger partial charge in [0.05, 0.1) is 12.7 Å². The number of benzene rings is 2. The molecule has 7 nitrogen and oxygen atoms in total. The normalized spacial score (nSPS) is 16.6. The van der Waals surface area contributed by atoms with E-state index in [0.717, 1.165) is 30.4 Å². The van der Waals surface area contributed by atoms with Crippen LogP contribution in [0.2, 0.25) is 0 Å². The van der Waals surface area contributed by atoms with E-state index in [-0.39, 0.29) is 30.4 Å². The van der Waals surface area contributed by atoms with Crippen molar-refractivity contribution in [1.82, 2.24) is 24.6 Å². The molecule has 1 atom stereocenters. The molecule has 188 valence electrons. The number of hydrogen-bond acceptors (Lipinski definition) is 4. The fourth-order valence-corrected chi connectivity index (χ4v) is 5.26. The number of aromatic nitrogens is 3. The molecule has 1 N–H and O–H groups in total. The third kappa shape index (κ3) is 4.91. The minimum atomic E-state index is -0.364. The van der Waals surface area contributed by atoms with Crippen molar-refractivity contribution < 1.29 is 9.18 Å². The standard InChI is InChI=1S/C28H32FN5O2/c1-20-9-6-7-15-32(20)16-8-14-30-26(35)19-34-28(36)27-23(17-31-34)22-11-3-5-13-25(22)33(27)18-21-10-2-4-12-24(21)29/h2-5,10-13,17,20H,6-9,14-16,18-19H2,1H3,(H,30,35)/t20-/m1/s1. The van der Waals surface area contributed by atoms with Crippen LogP contribution in [0.25, 0.3) is 21.8 Å². The van der Waals surface area contributed by atoms with Gasteiger partial charge in [-0.2, -0.15) is 5.10 Å².